The van der Waals surface area contributed by atoms with Gasteiger partial charge in [0.15, 0.2) is 5.75 Å². The van der Waals surface area contributed by atoms with Crippen LogP contribution >= 0.6 is 34.5 Å². The minimum atomic E-state index is -4.20. The summed E-state index contributed by atoms with van der Waals surface area (Å²) in [7, 11) is -6.54. The number of hydrogen-bond acceptors (Lipinski definition) is 13. The second kappa shape index (κ2) is 24.4. The van der Waals surface area contributed by atoms with Gasteiger partial charge in [-0.3, -0.25) is 4.18 Å². The summed E-state index contributed by atoms with van der Waals surface area (Å²) in [6, 6.07) is 27.7. The Bertz CT molecular complexity index is 3320. The van der Waals surface area contributed by atoms with E-state index in [2.05, 4.69) is 40.4 Å². The van der Waals surface area contributed by atoms with Gasteiger partial charge in [-0.2, -0.15) is 8.42 Å². The lowest BCUT2D eigenvalue weighted by atomic mass is 9.92. The van der Waals surface area contributed by atoms with Crippen LogP contribution in [0.4, 0.5) is 4.39 Å². The molecule has 2 heterocycles. The van der Waals surface area contributed by atoms with Gasteiger partial charge >= 0.3 is 5.97 Å². The lowest BCUT2D eigenvalue weighted by Gasteiger charge is -2.36. The highest BCUT2D eigenvalue weighted by molar-refractivity contribution is 7.86. The zero-order valence-corrected chi connectivity index (χ0v) is 49.4. The van der Waals surface area contributed by atoms with E-state index in [1.165, 1.54) is 41.9 Å². The second-order valence-electron chi connectivity index (χ2n) is 21.1. The molecule has 408 valence electrons. The third-order valence-corrected chi connectivity index (χ3v) is 20.6. The highest BCUT2D eigenvalue weighted by Crippen LogP contribution is 2.53. The molecule has 18 heteroatoms. The van der Waals surface area contributed by atoms with Gasteiger partial charge in [0.2, 0.25) is 20.3 Å². The molecule has 0 amide bonds. The Morgan fingerprint density at radius 1 is 0.844 bits per heavy atom. The van der Waals surface area contributed by atoms with Crippen LogP contribution in [0.1, 0.15) is 69.4 Å². The molecule has 1 unspecified atom stereocenters. The summed E-state index contributed by atoms with van der Waals surface area (Å²) in [5.74, 6) is 0.144. The van der Waals surface area contributed by atoms with Crippen molar-refractivity contribution < 1.29 is 49.9 Å². The lowest BCUT2D eigenvalue weighted by Crippen LogP contribution is -2.43. The number of esters is 1. The van der Waals surface area contributed by atoms with Crippen molar-refractivity contribution in [2.75, 3.05) is 19.8 Å². The van der Waals surface area contributed by atoms with Gasteiger partial charge in [-0.25, -0.2) is 19.2 Å². The van der Waals surface area contributed by atoms with Crippen molar-refractivity contribution in [1.29, 1.82) is 0 Å². The van der Waals surface area contributed by atoms with Gasteiger partial charge in [0.05, 0.1) is 33.5 Å². The Balaban J connectivity index is 1.36. The summed E-state index contributed by atoms with van der Waals surface area (Å²) >= 11 is 16.0. The van der Waals surface area contributed by atoms with Crippen molar-refractivity contribution in [2.45, 2.75) is 116 Å². The van der Waals surface area contributed by atoms with Crippen molar-refractivity contribution in [3.05, 3.63) is 160 Å². The molecule has 0 bridgehead atoms. The normalized spacial score (nSPS) is 13.0. The fourth-order valence-corrected chi connectivity index (χ4v) is 11.6. The van der Waals surface area contributed by atoms with Crippen LogP contribution in [-0.2, 0) is 41.6 Å². The maximum Gasteiger partial charge on any atom is 0.348 e. The average molecular weight is 1140 g/mol. The van der Waals surface area contributed by atoms with Gasteiger partial charge < -0.3 is 28.1 Å². The van der Waals surface area contributed by atoms with Crippen LogP contribution in [0.5, 0.6) is 23.1 Å². The number of hydrogen-bond donors (Lipinski definition) is 0. The number of halogens is 3. The zero-order chi connectivity index (χ0) is 56.0. The molecule has 77 heavy (non-hydrogen) atoms. The van der Waals surface area contributed by atoms with Gasteiger partial charge in [-0.1, -0.05) is 110 Å². The number of fused-ring (bicyclic) bond motifs is 1. The van der Waals surface area contributed by atoms with E-state index in [9.17, 15) is 17.6 Å². The molecule has 2 atom stereocenters. The van der Waals surface area contributed by atoms with Crippen LogP contribution in [0.2, 0.25) is 28.2 Å². The van der Waals surface area contributed by atoms with Crippen molar-refractivity contribution >= 4 is 69.2 Å². The quantitative estimate of drug-likeness (QED) is 0.0210. The second-order valence-corrected chi connectivity index (χ2v) is 29.2. The van der Waals surface area contributed by atoms with E-state index in [-0.39, 0.29) is 57.8 Å². The first kappa shape index (κ1) is 58.8. The number of ether oxygens (including phenoxy) is 5. The van der Waals surface area contributed by atoms with E-state index in [0.29, 0.717) is 60.0 Å². The fourth-order valence-electron chi connectivity index (χ4n) is 7.94. The van der Waals surface area contributed by atoms with E-state index in [4.69, 9.17) is 65.5 Å². The summed E-state index contributed by atoms with van der Waals surface area (Å²) < 4.78 is 85.3. The molecule has 7 aromatic rings. The first-order chi connectivity index (χ1) is 36.3. The van der Waals surface area contributed by atoms with Crippen LogP contribution in [0.25, 0.3) is 31.8 Å². The van der Waals surface area contributed by atoms with E-state index in [0.717, 1.165) is 11.1 Å². The number of thiophene rings is 1. The number of nitrogens with zero attached hydrogens (tertiary/aromatic N) is 2. The molecule has 2 aromatic heterocycles. The first-order valence-corrected chi connectivity index (χ1v) is 30.9. The first-order valence-electron chi connectivity index (χ1n) is 25.0. The molecule has 0 aliphatic rings. The smallest absolute Gasteiger partial charge is 0.348 e. The predicted octanol–water partition coefficient (Wildman–Crippen LogP) is 15.0. The number of benzene rings is 5. The van der Waals surface area contributed by atoms with Gasteiger partial charge in [0.25, 0.3) is 10.1 Å². The number of rotatable bonds is 22. The number of aromatic nitrogens is 2. The SMILES string of the molecule is C=CCOC[C@H](COS(=O)(=O)c1ccc(C)cc1)Oc1c(Cl)c(C)c(-c2c(-c3ccc(F)cc3)sc3ncnc(OC(Cc4cc(O[Si](C)(C)C(C)(C)C)ccc4OCc4ccccc4)C(=O)OC(C)(C)C)c23)c(C)c1Cl. The molecular formula is C59H65Cl2FN2O10S2Si. The monoisotopic (exact) mass is 1140 g/mol. The molecule has 0 saturated carbocycles. The van der Waals surface area contributed by atoms with Gasteiger partial charge in [0.1, 0.15) is 53.4 Å². The Morgan fingerprint density at radius 2 is 1.51 bits per heavy atom. The van der Waals surface area contributed by atoms with Gasteiger partial charge in [-0.05, 0) is 130 Å². The maximum atomic E-state index is 14.7. The summed E-state index contributed by atoms with van der Waals surface area (Å²) in [6.45, 7) is 25.1. The maximum absolute atomic E-state index is 14.7. The number of aryl methyl sites for hydroxylation is 1. The molecule has 0 saturated heterocycles. The average Bonchev–Trinajstić information content (AvgIpc) is 3.81. The topological polar surface area (TPSA) is 142 Å². The van der Waals surface area contributed by atoms with Crippen molar-refractivity contribution in [3.8, 4) is 44.7 Å². The molecule has 7 rings (SSSR count). The van der Waals surface area contributed by atoms with Crippen LogP contribution in [0.3, 0.4) is 0 Å². The minimum absolute atomic E-state index is 0.0239. The zero-order valence-electron chi connectivity index (χ0n) is 45.2. The molecule has 0 fully saturated rings. The third kappa shape index (κ3) is 14.4. The lowest BCUT2D eigenvalue weighted by molar-refractivity contribution is -0.163. The minimum Gasteiger partial charge on any atom is -0.543 e. The number of carbonyl (C=O) groups excluding carboxylic acids is 1. The van der Waals surface area contributed by atoms with E-state index in [1.807, 2.05) is 55.5 Å². The molecule has 0 spiro atoms. The summed E-state index contributed by atoms with van der Waals surface area (Å²) in [5, 5.41) is 0.510. The van der Waals surface area contributed by atoms with E-state index < -0.39 is 54.6 Å². The van der Waals surface area contributed by atoms with Crippen LogP contribution in [-0.4, -0.2) is 70.3 Å². The standard InChI is InChI=1S/C59H65Cl2FN2O10S2Si/c1-13-29-68-33-44(34-70-76(66,67)45-26-19-36(2)20-27-45)71-53-51(60)37(3)48(38(4)52(53)61)49-50-55(63-35-64-56(50)75-54(49)40-21-23-42(62)24-22-40)72-47(57(65)73-58(5,6)7)31-41-30-43(74-77(11,12)59(8,9)10)25-28-46(41)69-32-39-17-15-14-16-18-39/h13-28,30,35,44,47H,1,29,31-34H2,2-12H3/t44-,47?/m1/s1. The van der Waals surface area contributed by atoms with Crippen LogP contribution < -0.4 is 18.6 Å². The Morgan fingerprint density at radius 3 is 2.13 bits per heavy atom. The number of carbonyl (C=O) groups is 1. The Labute approximate surface area is 466 Å². The summed E-state index contributed by atoms with van der Waals surface area (Å²) in [5.41, 5.74) is 4.28. The molecule has 0 aliphatic heterocycles. The van der Waals surface area contributed by atoms with Crippen LogP contribution in [0.15, 0.2) is 121 Å². The van der Waals surface area contributed by atoms with Crippen molar-refractivity contribution in [2.24, 2.45) is 0 Å². The third-order valence-electron chi connectivity index (χ3n) is 12.9. The van der Waals surface area contributed by atoms with Gasteiger partial charge in [-0.15, -0.1) is 17.9 Å². The van der Waals surface area contributed by atoms with Crippen LogP contribution in [0, 0.1) is 26.6 Å². The molecular weight excluding hydrogens is 1080 g/mol. The summed E-state index contributed by atoms with van der Waals surface area (Å²) in [6.07, 6.45) is 0.548. The van der Waals surface area contributed by atoms with Crippen molar-refractivity contribution in [3.63, 3.8) is 0 Å². The molecule has 5 aromatic carbocycles. The van der Waals surface area contributed by atoms with E-state index in [1.54, 1.807) is 65.0 Å². The Kier molecular flexibility index (Phi) is 18.7. The summed E-state index contributed by atoms with van der Waals surface area (Å²) in [4.78, 5) is 25.2. The van der Waals surface area contributed by atoms with Crippen molar-refractivity contribution in [1.82, 2.24) is 9.97 Å². The highest BCUT2D eigenvalue weighted by Gasteiger charge is 2.40. The molecule has 0 radical (unpaired) electrons. The largest absolute Gasteiger partial charge is 0.543 e. The Hall–Kier alpha value is -5.85. The highest BCUT2D eigenvalue weighted by atomic mass is 35.5. The molecule has 0 N–H and O–H groups in total. The molecule has 12 nitrogen and oxygen atoms in total. The van der Waals surface area contributed by atoms with Gasteiger partial charge in [0, 0.05) is 22.4 Å². The molecule has 0 aliphatic carbocycles. The predicted molar refractivity (Wildman–Crippen MR) is 306 cm³/mol. The van der Waals surface area contributed by atoms with E-state index >= 15 is 0 Å². The fraction of sp³-hybridized carbons (Fsp3) is 0.339.